The lowest BCUT2D eigenvalue weighted by Gasteiger charge is -2.43. The number of hydrogen-bond donors (Lipinski definition) is 4. The third-order valence-corrected chi connectivity index (χ3v) is 9.16. The van der Waals surface area contributed by atoms with Gasteiger partial charge in [0.25, 0.3) is 0 Å². The quantitative estimate of drug-likeness (QED) is 0.224. The molecule has 5 rings (SSSR count). The van der Waals surface area contributed by atoms with E-state index in [0.29, 0.717) is 12.8 Å². The van der Waals surface area contributed by atoms with Crippen LogP contribution in [0, 0.1) is 5.92 Å². The lowest BCUT2D eigenvalue weighted by molar-refractivity contribution is -0.149. The van der Waals surface area contributed by atoms with Crippen LogP contribution in [0.5, 0.6) is 0 Å². The minimum atomic E-state index is -0.674. The number of benzene rings is 3. The number of hydrogen-bond acceptors (Lipinski definition) is 5. The second-order valence-corrected chi connectivity index (χ2v) is 11.9. The number of nitrogens with zero attached hydrogens (tertiary/aromatic N) is 1. The molecule has 3 aromatic carbocycles. The SMILES string of the molecule is CC[C@H](NC)C(=O)N[C@@H]1C(=O)N2C(CC[C@H]2C(=O)NC(c2ccccc2)c2ccccc2)C[C@@H]1CCNCc1ccccc1. The van der Waals surface area contributed by atoms with Crippen molar-refractivity contribution >= 4 is 17.7 Å². The Hall–Kier alpha value is -4.01. The van der Waals surface area contributed by atoms with Crippen LogP contribution in [0.25, 0.3) is 0 Å². The Morgan fingerprint density at radius 3 is 2.09 bits per heavy atom. The molecule has 0 aliphatic carbocycles. The molecule has 44 heavy (non-hydrogen) atoms. The Morgan fingerprint density at radius 1 is 0.886 bits per heavy atom. The van der Waals surface area contributed by atoms with Crippen LogP contribution in [0.15, 0.2) is 91.0 Å². The van der Waals surface area contributed by atoms with Crippen molar-refractivity contribution in [3.8, 4) is 0 Å². The number of carbonyl (C=O) groups is 3. The highest BCUT2D eigenvalue weighted by Gasteiger charge is 2.50. The fraction of sp³-hybridized carbons (Fsp3) is 0.417. The van der Waals surface area contributed by atoms with Gasteiger partial charge in [-0.1, -0.05) is 97.9 Å². The van der Waals surface area contributed by atoms with Crippen LogP contribution in [0.1, 0.15) is 61.8 Å². The number of piperidine rings is 1. The highest BCUT2D eigenvalue weighted by Crippen LogP contribution is 2.37. The zero-order valence-electron chi connectivity index (χ0n) is 25.7. The predicted octanol–water partition coefficient (Wildman–Crippen LogP) is 3.93. The van der Waals surface area contributed by atoms with Gasteiger partial charge in [-0.25, -0.2) is 0 Å². The summed E-state index contributed by atoms with van der Waals surface area (Å²) in [6.07, 6.45) is 3.50. The Bertz CT molecular complexity index is 1330. The smallest absolute Gasteiger partial charge is 0.246 e. The topological polar surface area (TPSA) is 103 Å². The van der Waals surface area contributed by atoms with Crippen molar-refractivity contribution in [1.82, 2.24) is 26.2 Å². The van der Waals surface area contributed by atoms with Crippen molar-refractivity contribution in [3.05, 3.63) is 108 Å². The summed E-state index contributed by atoms with van der Waals surface area (Å²) in [7, 11) is 1.76. The summed E-state index contributed by atoms with van der Waals surface area (Å²) < 4.78 is 0. The number of rotatable bonds is 13. The summed E-state index contributed by atoms with van der Waals surface area (Å²) in [5, 5.41) is 12.9. The fourth-order valence-corrected chi connectivity index (χ4v) is 6.80. The van der Waals surface area contributed by atoms with Gasteiger partial charge >= 0.3 is 0 Å². The lowest BCUT2D eigenvalue weighted by atomic mass is 9.83. The van der Waals surface area contributed by atoms with E-state index in [9.17, 15) is 14.4 Å². The number of fused-ring (bicyclic) bond motifs is 1. The Morgan fingerprint density at radius 2 is 1.50 bits per heavy atom. The Labute approximate surface area is 261 Å². The molecule has 0 aromatic heterocycles. The second-order valence-electron chi connectivity index (χ2n) is 11.9. The van der Waals surface area contributed by atoms with Crippen LogP contribution in [-0.2, 0) is 20.9 Å². The standard InChI is InChI=1S/C36H45N5O3/c1-3-30(37-2)34(42)40-33-28(21-22-38-24-25-13-7-4-8-14-25)23-29-19-20-31(41(29)36(33)44)35(43)39-32(26-15-9-5-10-16-26)27-17-11-6-12-18-27/h4-18,28-33,37-38H,3,19-24H2,1-2H3,(H,39,43)(H,40,42)/t28-,29?,30-,31-,33-/m0/s1. The molecule has 8 heteroatoms. The molecule has 2 heterocycles. The highest BCUT2D eigenvalue weighted by atomic mass is 16.2. The molecule has 0 saturated carbocycles. The average molecular weight is 596 g/mol. The number of nitrogens with one attached hydrogen (secondary N) is 4. The van der Waals surface area contributed by atoms with Crippen molar-refractivity contribution < 1.29 is 14.4 Å². The molecule has 0 radical (unpaired) electrons. The first-order chi connectivity index (χ1) is 21.5. The molecular formula is C36H45N5O3. The molecular weight excluding hydrogens is 550 g/mol. The largest absolute Gasteiger partial charge is 0.343 e. The summed E-state index contributed by atoms with van der Waals surface area (Å²) in [5.41, 5.74) is 3.17. The zero-order chi connectivity index (χ0) is 30.9. The average Bonchev–Trinajstić information content (AvgIpc) is 3.50. The maximum Gasteiger partial charge on any atom is 0.246 e. The minimum Gasteiger partial charge on any atom is -0.343 e. The van der Waals surface area contributed by atoms with E-state index in [1.54, 1.807) is 11.9 Å². The van der Waals surface area contributed by atoms with Crippen molar-refractivity contribution in [2.24, 2.45) is 5.92 Å². The maximum atomic E-state index is 14.2. The van der Waals surface area contributed by atoms with E-state index in [2.05, 4.69) is 33.4 Å². The maximum absolute atomic E-state index is 14.2. The van der Waals surface area contributed by atoms with Crippen molar-refractivity contribution in [3.63, 3.8) is 0 Å². The summed E-state index contributed by atoms with van der Waals surface area (Å²) >= 11 is 0. The van der Waals surface area contributed by atoms with Crippen LogP contribution in [0.3, 0.4) is 0 Å². The van der Waals surface area contributed by atoms with E-state index in [1.165, 1.54) is 5.56 Å². The lowest BCUT2D eigenvalue weighted by Crippen LogP contribution is -2.63. The van der Waals surface area contributed by atoms with Crippen LogP contribution in [0.2, 0.25) is 0 Å². The normalized spacial score (nSPS) is 22.0. The highest BCUT2D eigenvalue weighted by molar-refractivity contribution is 5.94. The first-order valence-electron chi connectivity index (χ1n) is 15.9. The van der Waals surface area contributed by atoms with E-state index >= 15 is 0 Å². The molecule has 2 aliphatic rings. The van der Waals surface area contributed by atoms with E-state index in [4.69, 9.17) is 0 Å². The number of carbonyl (C=O) groups excluding carboxylic acids is 3. The van der Waals surface area contributed by atoms with E-state index in [0.717, 1.165) is 43.5 Å². The summed E-state index contributed by atoms with van der Waals surface area (Å²) in [6, 6.07) is 28.1. The Balaban J connectivity index is 1.32. The monoisotopic (exact) mass is 595 g/mol. The van der Waals surface area contributed by atoms with Crippen molar-refractivity contribution in [2.45, 2.75) is 75.8 Å². The molecule has 232 valence electrons. The molecule has 4 N–H and O–H groups in total. The van der Waals surface area contributed by atoms with Crippen molar-refractivity contribution in [2.75, 3.05) is 13.6 Å². The van der Waals surface area contributed by atoms with Gasteiger partial charge in [-0.15, -0.1) is 0 Å². The second kappa shape index (κ2) is 15.1. The molecule has 5 atom stereocenters. The van der Waals surface area contributed by atoms with Gasteiger partial charge in [0, 0.05) is 12.6 Å². The summed E-state index contributed by atoms with van der Waals surface area (Å²) in [4.78, 5) is 43.2. The minimum absolute atomic E-state index is 0.0199. The zero-order valence-corrected chi connectivity index (χ0v) is 25.7. The van der Waals surface area contributed by atoms with Gasteiger partial charge in [0.1, 0.15) is 12.1 Å². The predicted molar refractivity (Wildman–Crippen MR) is 172 cm³/mol. The van der Waals surface area contributed by atoms with Gasteiger partial charge in [0.2, 0.25) is 17.7 Å². The summed E-state index contributed by atoms with van der Waals surface area (Å²) in [5.74, 6) is -0.508. The third kappa shape index (κ3) is 7.37. The molecule has 3 aromatic rings. The molecule has 0 bridgehead atoms. The number of likely N-dealkylation sites (N-methyl/N-ethyl adjacent to an activating group) is 1. The summed E-state index contributed by atoms with van der Waals surface area (Å²) in [6.45, 7) is 3.42. The molecule has 2 fully saturated rings. The fourth-order valence-electron chi connectivity index (χ4n) is 6.80. The van der Waals surface area contributed by atoms with Gasteiger partial charge in [-0.05, 0) is 68.3 Å². The molecule has 8 nitrogen and oxygen atoms in total. The van der Waals surface area contributed by atoms with Gasteiger partial charge in [0.05, 0.1) is 12.1 Å². The van der Waals surface area contributed by atoms with E-state index in [1.807, 2.05) is 85.8 Å². The molecule has 2 aliphatic heterocycles. The van der Waals surface area contributed by atoms with Crippen LogP contribution < -0.4 is 21.3 Å². The Kier molecular flexibility index (Phi) is 10.8. The van der Waals surface area contributed by atoms with Gasteiger partial charge < -0.3 is 26.2 Å². The molecule has 2 saturated heterocycles. The molecule has 1 unspecified atom stereocenters. The van der Waals surface area contributed by atoms with Gasteiger partial charge in [-0.3, -0.25) is 14.4 Å². The first-order valence-corrected chi connectivity index (χ1v) is 15.9. The first kappa shape index (κ1) is 31.4. The van der Waals surface area contributed by atoms with Crippen molar-refractivity contribution in [1.29, 1.82) is 0 Å². The van der Waals surface area contributed by atoms with E-state index < -0.39 is 12.1 Å². The van der Waals surface area contributed by atoms with Gasteiger partial charge in [-0.2, -0.15) is 0 Å². The van der Waals surface area contributed by atoms with Crippen LogP contribution in [0.4, 0.5) is 0 Å². The third-order valence-electron chi connectivity index (χ3n) is 9.16. The number of amides is 3. The molecule has 0 spiro atoms. The van der Waals surface area contributed by atoms with Crippen LogP contribution >= 0.6 is 0 Å². The van der Waals surface area contributed by atoms with Crippen LogP contribution in [-0.4, -0.2) is 60.4 Å². The van der Waals surface area contributed by atoms with Gasteiger partial charge in [0.15, 0.2) is 0 Å². The van der Waals surface area contributed by atoms with E-state index in [-0.39, 0.29) is 41.8 Å². The molecule has 3 amide bonds.